The van der Waals surface area contributed by atoms with Crippen molar-refractivity contribution in [3.05, 3.63) is 59.8 Å². The van der Waals surface area contributed by atoms with E-state index >= 15 is 0 Å². The number of halogens is 1. The molecule has 0 aliphatic carbocycles. The number of para-hydroxylation sites is 1. The van der Waals surface area contributed by atoms with Gasteiger partial charge in [-0.05, 0) is 42.9 Å². The molecule has 1 atom stereocenters. The van der Waals surface area contributed by atoms with Crippen LogP contribution in [0, 0.1) is 0 Å². The minimum Gasteiger partial charge on any atom is -0.497 e. The van der Waals surface area contributed by atoms with Gasteiger partial charge < -0.3 is 19.1 Å². The summed E-state index contributed by atoms with van der Waals surface area (Å²) in [6, 6.07) is 18.0. The second-order valence-corrected chi connectivity index (χ2v) is 7.18. The zero-order valence-corrected chi connectivity index (χ0v) is 16.0. The van der Waals surface area contributed by atoms with E-state index in [4.69, 9.17) is 4.74 Å². The predicted molar refractivity (Wildman–Crippen MR) is 109 cm³/mol. The lowest BCUT2D eigenvalue weighted by Gasteiger charge is -2.41. The van der Waals surface area contributed by atoms with Gasteiger partial charge in [0.1, 0.15) is 5.75 Å². The van der Waals surface area contributed by atoms with Crippen LogP contribution in [0.2, 0.25) is 0 Å². The molecule has 2 aliphatic heterocycles. The van der Waals surface area contributed by atoms with Gasteiger partial charge in [0.2, 0.25) is 0 Å². The van der Waals surface area contributed by atoms with E-state index in [9.17, 15) is 0 Å². The summed E-state index contributed by atoms with van der Waals surface area (Å²) in [4.78, 5) is 5.04. The minimum absolute atomic E-state index is 0. The Balaban J connectivity index is 0.00000168. The number of anilines is 1. The molecule has 0 bridgehead atoms. The van der Waals surface area contributed by atoms with Gasteiger partial charge in [-0.3, -0.25) is 0 Å². The Hall–Kier alpha value is -2.17. The van der Waals surface area contributed by atoms with Crippen molar-refractivity contribution in [2.75, 3.05) is 38.7 Å². The third-order valence-corrected chi connectivity index (χ3v) is 5.69. The Morgan fingerprint density at radius 2 is 1.88 bits per heavy atom. The molecule has 1 fully saturated rings. The number of rotatable bonds is 1. The molecule has 3 heterocycles. The number of nitrogens with zero attached hydrogens (tertiary/aromatic N) is 3. The van der Waals surface area contributed by atoms with E-state index in [0.29, 0.717) is 6.04 Å². The lowest BCUT2D eigenvalue weighted by molar-refractivity contribution is 0.266. The Morgan fingerprint density at radius 1 is 1.04 bits per heavy atom. The van der Waals surface area contributed by atoms with Crippen LogP contribution in [0.3, 0.4) is 0 Å². The third-order valence-electron chi connectivity index (χ3n) is 5.69. The number of aromatic nitrogens is 1. The second kappa shape index (κ2) is 6.53. The summed E-state index contributed by atoms with van der Waals surface area (Å²) >= 11 is 0. The smallest absolute Gasteiger partial charge is 0.119 e. The average Bonchev–Trinajstić information content (AvgIpc) is 2.93. The van der Waals surface area contributed by atoms with Crippen molar-refractivity contribution >= 4 is 29.0 Å². The number of likely N-dealkylation sites (N-methyl/N-ethyl adjacent to an activating group) is 1. The highest BCUT2D eigenvalue weighted by atomic mass is 35.5. The normalized spacial score (nSPS) is 19.2. The zero-order chi connectivity index (χ0) is 17.0. The highest BCUT2D eigenvalue weighted by Gasteiger charge is 2.33. The molecule has 136 valence electrons. The molecule has 0 amide bonds. The van der Waals surface area contributed by atoms with Crippen LogP contribution in [0.15, 0.2) is 48.5 Å². The molecule has 2 aliphatic rings. The van der Waals surface area contributed by atoms with Crippen molar-refractivity contribution in [3.8, 4) is 5.75 Å². The molecule has 0 N–H and O–H groups in total. The number of fused-ring (bicyclic) bond motifs is 7. The van der Waals surface area contributed by atoms with Crippen LogP contribution in [0.4, 0.5) is 5.69 Å². The topological polar surface area (TPSA) is 20.6 Å². The van der Waals surface area contributed by atoms with Crippen molar-refractivity contribution in [2.45, 2.75) is 12.6 Å². The molecular weight excluding hydrogens is 346 g/mol. The molecule has 5 rings (SSSR count). The molecular formula is C21H24ClN3O. The molecule has 2 aromatic carbocycles. The van der Waals surface area contributed by atoms with Gasteiger partial charge in [0.15, 0.2) is 0 Å². The third kappa shape index (κ3) is 2.56. The molecule has 1 saturated heterocycles. The second-order valence-electron chi connectivity index (χ2n) is 7.18. The van der Waals surface area contributed by atoms with Gasteiger partial charge in [-0.25, -0.2) is 0 Å². The van der Waals surface area contributed by atoms with Crippen LogP contribution in [-0.4, -0.2) is 43.3 Å². The predicted octanol–water partition coefficient (Wildman–Crippen LogP) is 3.93. The molecule has 0 saturated carbocycles. The van der Waals surface area contributed by atoms with Gasteiger partial charge in [-0.2, -0.15) is 0 Å². The Morgan fingerprint density at radius 3 is 2.73 bits per heavy atom. The first kappa shape index (κ1) is 17.3. The highest BCUT2D eigenvalue weighted by Crippen LogP contribution is 2.39. The van der Waals surface area contributed by atoms with Crippen LogP contribution < -0.4 is 9.64 Å². The summed E-state index contributed by atoms with van der Waals surface area (Å²) < 4.78 is 7.93. The van der Waals surface area contributed by atoms with Crippen LogP contribution in [0.1, 0.15) is 17.3 Å². The van der Waals surface area contributed by atoms with Crippen LogP contribution >= 0.6 is 12.4 Å². The first-order valence-corrected chi connectivity index (χ1v) is 8.95. The van der Waals surface area contributed by atoms with Gasteiger partial charge in [-0.1, -0.05) is 18.2 Å². The maximum atomic E-state index is 5.43. The van der Waals surface area contributed by atoms with Crippen LogP contribution in [0.5, 0.6) is 5.75 Å². The van der Waals surface area contributed by atoms with E-state index in [1.807, 2.05) is 0 Å². The Bertz CT molecular complexity index is 952. The maximum Gasteiger partial charge on any atom is 0.119 e. The first-order valence-electron chi connectivity index (χ1n) is 8.95. The fraction of sp³-hybridized carbons (Fsp3) is 0.333. The highest BCUT2D eigenvalue weighted by molar-refractivity contribution is 5.85. The summed E-state index contributed by atoms with van der Waals surface area (Å²) in [5.41, 5.74) is 5.50. The maximum absolute atomic E-state index is 5.43. The van der Waals surface area contributed by atoms with Crippen molar-refractivity contribution < 1.29 is 4.74 Å². The number of hydrogen-bond acceptors (Lipinski definition) is 3. The molecule has 1 unspecified atom stereocenters. The first-order chi connectivity index (χ1) is 12.2. The van der Waals surface area contributed by atoms with Gasteiger partial charge in [0.05, 0.1) is 13.2 Å². The van der Waals surface area contributed by atoms with Crippen molar-refractivity contribution in [1.82, 2.24) is 9.47 Å². The molecule has 0 spiro atoms. The fourth-order valence-electron chi connectivity index (χ4n) is 4.41. The minimum atomic E-state index is 0. The van der Waals surface area contributed by atoms with E-state index in [-0.39, 0.29) is 12.4 Å². The summed E-state index contributed by atoms with van der Waals surface area (Å²) in [7, 11) is 3.96. The molecule has 5 heteroatoms. The van der Waals surface area contributed by atoms with Crippen molar-refractivity contribution in [1.29, 1.82) is 0 Å². The number of hydrogen-bond donors (Lipinski definition) is 0. The van der Waals surface area contributed by atoms with E-state index < -0.39 is 0 Å². The zero-order valence-electron chi connectivity index (χ0n) is 15.2. The number of methoxy groups -OCH3 is 1. The average molecular weight is 370 g/mol. The fourth-order valence-corrected chi connectivity index (χ4v) is 4.41. The van der Waals surface area contributed by atoms with Crippen molar-refractivity contribution in [3.63, 3.8) is 0 Å². The van der Waals surface area contributed by atoms with Crippen molar-refractivity contribution in [2.24, 2.45) is 0 Å². The standard InChI is InChI=1S/C21H23N3O.ClH/c1-22-9-10-23-18-6-4-3-5-15(18)13-24-19-8-7-17(25-2)11-16(19)12-20(24)21(23)14-22;/h3-8,11-12,21H,9-10,13-14H2,1-2H3;1H. The quantitative estimate of drug-likeness (QED) is 0.648. The number of benzene rings is 2. The molecule has 4 nitrogen and oxygen atoms in total. The van der Waals surface area contributed by atoms with Gasteiger partial charge in [0.25, 0.3) is 0 Å². The molecule has 0 radical (unpaired) electrons. The van der Waals surface area contributed by atoms with E-state index in [2.05, 4.69) is 69.9 Å². The van der Waals surface area contributed by atoms with E-state index in [1.165, 1.54) is 27.8 Å². The summed E-state index contributed by atoms with van der Waals surface area (Å²) in [6.45, 7) is 4.17. The number of ether oxygens (including phenoxy) is 1. The summed E-state index contributed by atoms with van der Waals surface area (Å²) in [5.74, 6) is 0.922. The summed E-state index contributed by atoms with van der Waals surface area (Å²) in [5, 5.41) is 1.27. The Kier molecular flexibility index (Phi) is 4.33. The molecule has 3 aromatic rings. The van der Waals surface area contributed by atoms with Gasteiger partial charge in [0, 0.05) is 48.5 Å². The molecule has 26 heavy (non-hydrogen) atoms. The Labute approximate surface area is 160 Å². The largest absolute Gasteiger partial charge is 0.497 e. The van der Waals surface area contributed by atoms with Gasteiger partial charge in [-0.15, -0.1) is 12.4 Å². The van der Waals surface area contributed by atoms with Crippen LogP contribution in [-0.2, 0) is 6.54 Å². The summed E-state index contributed by atoms with van der Waals surface area (Å²) in [6.07, 6.45) is 0. The monoisotopic (exact) mass is 369 g/mol. The molecule has 1 aromatic heterocycles. The van der Waals surface area contributed by atoms with Crippen LogP contribution in [0.25, 0.3) is 10.9 Å². The lowest BCUT2D eigenvalue weighted by Crippen LogP contribution is -2.47. The number of piperazine rings is 1. The van der Waals surface area contributed by atoms with E-state index in [0.717, 1.165) is 31.9 Å². The van der Waals surface area contributed by atoms with Gasteiger partial charge >= 0.3 is 0 Å². The van der Waals surface area contributed by atoms with E-state index in [1.54, 1.807) is 7.11 Å². The SMILES string of the molecule is COc1ccc2c(c1)cc1n2Cc2ccccc2N2CCN(C)CC12.Cl. The lowest BCUT2D eigenvalue weighted by atomic mass is 10.1.